The van der Waals surface area contributed by atoms with Gasteiger partial charge in [0.1, 0.15) is 24.0 Å². The molecule has 4 heteroatoms. The quantitative estimate of drug-likeness (QED) is 0.829. The summed E-state index contributed by atoms with van der Waals surface area (Å²) in [5.74, 6) is 0.00161. The molecule has 1 heterocycles. The highest BCUT2D eigenvalue weighted by Crippen LogP contribution is 2.27. The Morgan fingerprint density at radius 3 is 2.47 bits per heavy atom. The summed E-state index contributed by atoms with van der Waals surface area (Å²) in [5.41, 5.74) is 1.53. The van der Waals surface area contributed by atoms with Gasteiger partial charge in [0.05, 0.1) is 11.9 Å². The van der Waals surface area contributed by atoms with Gasteiger partial charge in [-0.05, 0) is 29.7 Å². The van der Waals surface area contributed by atoms with Crippen molar-refractivity contribution in [2.24, 2.45) is 0 Å². The molecule has 0 amide bonds. The Hall–Kier alpha value is -1.97. The van der Waals surface area contributed by atoms with Gasteiger partial charge in [0.2, 0.25) is 0 Å². The number of aromatic nitrogens is 1. The zero-order valence-electron chi connectivity index (χ0n) is 10.9. The first-order chi connectivity index (χ1) is 9.06. The molecule has 2 aromatic rings. The van der Waals surface area contributed by atoms with Gasteiger partial charge in [-0.2, -0.15) is 0 Å². The Morgan fingerprint density at radius 2 is 1.84 bits per heavy atom. The second kappa shape index (κ2) is 5.78. The molecule has 0 saturated carbocycles. The van der Waals surface area contributed by atoms with Crippen molar-refractivity contribution in [1.82, 2.24) is 4.98 Å². The van der Waals surface area contributed by atoms with E-state index in [0.29, 0.717) is 11.4 Å². The Kier molecular flexibility index (Phi) is 4.10. The summed E-state index contributed by atoms with van der Waals surface area (Å²) in [6, 6.07) is 7.36. The van der Waals surface area contributed by atoms with Gasteiger partial charge >= 0.3 is 0 Å². The molecule has 1 aromatic carbocycles. The van der Waals surface area contributed by atoms with Crippen molar-refractivity contribution in [3.63, 3.8) is 0 Å². The van der Waals surface area contributed by atoms with Gasteiger partial charge in [-0.15, -0.1) is 0 Å². The molecule has 0 unspecified atom stereocenters. The van der Waals surface area contributed by atoms with Crippen LogP contribution in [0.2, 0.25) is 0 Å². The zero-order valence-corrected chi connectivity index (χ0v) is 10.9. The Labute approximate surface area is 111 Å². The summed E-state index contributed by atoms with van der Waals surface area (Å²) < 4.78 is 31.5. The number of nitrogens with zero attached hydrogens (tertiary/aromatic N) is 1. The van der Waals surface area contributed by atoms with Gasteiger partial charge in [-0.1, -0.05) is 19.9 Å². The van der Waals surface area contributed by atoms with E-state index in [9.17, 15) is 8.78 Å². The van der Waals surface area contributed by atoms with Gasteiger partial charge in [0, 0.05) is 6.07 Å². The third-order valence-electron chi connectivity index (χ3n) is 2.76. The maximum Gasteiger partial charge on any atom is 0.141 e. The lowest BCUT2D eigenvalue weighted by Crippen LogP contribution is -2.02. The van der Waals surface area contributed by atoms with Gasteiger partial charge in [0.15, 0.2) is 0 Å². The van der Waals surface area contributed by atoms with Crippen molar-refractivity contribution >= 4 is 0 Å². The van der Waals surface area contributed by atoms with Gasteiger partial charge in [-0.25, -0.2) is 8.78 Å². The molecule has 0 fully saturated rings. The van der Waals surface area contributed by atoms with Crippen LogP contribution in [0.3, 0.4) is 0 Å². The molecule has 0 spiro atoms. The van der Waals surface area contributed by atoms with E-state index < -0.39 is 5.82 Å². The lowest BCUT2D eigenvalue weighted by Gasteiger charge is -2.13. The van der Waals surface area contributed by atoms with Crippen LogP contribution in [0.1, 0.15) is 31.0 Å². The third kappa shape index (κ3) is 3.50. The summed E-state index contributed by atoms with van der Waals surface area (Å²) >= 11 is 0. The molecule has 0 saturated heterocycles. The molecule has 0 N–H and O–H groups in total. The fourth-order valence-electron chi connectivity index (χ4n) is 1.75. The van der Waals surface area contributed by atoms with Gasteiger partial charge in [-0.3, -0.25) is 4.98 Å². The summed E-state index contributed by atoms with van der Waals surface area (Å²) in [5, 5.41) is 0. The lowest BCUT2D eigenvalue weighted by atomic mass is 10.0. The summed E-state index contributed by atoms with van der Waals surface area (Å²) in [6.07, 6.45) is 1.13. The van der Waals surface area contributed by atoms with E-state index in [2.05, 4.69) is 4.98 Å². The minimum atomic E-state index is -0.391. The van der Waals surface area contributed by atoms with Crippen molar-refractivity contribution < 1.29 is 13.5 Å². The first-order valence-electron chi connectivity index (χ1n) is 6.09. The molecule has 2 rings (SSSR count). The molecule has 0 bridgehead atoms. The molecule has 19 heavy (non-hydrogen) atoms. The predicted octanol–water partition coefficient (Wildman–Crippen LogP) is 4.06. The molecule has 1 aromatic heterocycles. The van der Waals surface area contributed by atoms with Crippen LogP contribution in [0.25, 0.3) is 0 Å². The number of ether oxygens (including phenoxy) is 1. The fraction of sp³-hybridized carbons (Fsp3) is 0.267. The Bertz CT molecular complexity index is 553. The van der Waals surface area contributed by atoms with Gasteiger partial charge in [0.25, 0.3) is 0 Å². The molecule has 0 aliphatic carbocycles. The Morgan fingerprint density at radius 1 is 1.11 bits per heavy atom. The molecule has 0 atom stereocenters. The highest BCUT2D eigenvalue weighted by molar-refractivity contribution is 5.36. The number of hydrogen-bond acceptors (Lipinski definition) is 2. The molecule has 0 radical (unpaired) electrons. The molecular weight excluding hydrogens is 248 g/mol. The van der Waals surface area contributed by atoms with Crippen LogP contribution < -0.4 is 4.74 Å². The molecule has 0 aliphatic rings. The number of pyridine rings is 1. The van der Waals surface area contributed by atoms with Crippen LogP contribution in [-0.4, -0.2) is 4.98 Å². The normalized spacial score (nSPS) is 10.8. The standard InChI is InChI=1S/C15H15F2NO/c1-10(2)14-6-4-11(16)7-15(14)19-9-13-5-3-12(17)8-18-13/h3-8,10H,9H2,1-2H3. The van der Waals surface area contributed by atoms with Crippen LogP contribution >= 0.6 is 0 Å². The van der Waals surface area contributed by atoms with Crippen LogP contribution in [0.5, 0.6) is 5.75 Å². The van der Waals surface area contributed by atoms with Gasteiger partial charge < -0.3 is 4.74 Å². The summed E-state index contributed by atoms with van der Waals surface area (Å²) in [6.45, 7) is 4.20. The van der Waals surface area contributed by atoms with Crippen molar-refractivity contribution in [2.75, 3.05) is 0 Å². The van der Waals surface area contributed by atoms with Crippen molar-refractivity contribution in [2.45, 2.75) is 26.4 Å². The number of rotatable bonds is 4. The SMILES string of the molecule is CC(C)c1ccc(F)cc1OCc1ccc(F)cn1. The number of hydrogen-bond donors (Lipinski definition) is 0. The molecule has 2 nitrogen and oxygen atoms in total. The summed E-state index contributed by atoms with van der Waals surface area (Å²) in [7, 11) is 0. The van der Waals surface area contributed by atoms with E-state index in [-0.39, 0.29) is 18.3 Å². The van der Waals surface area contributed by atoms with E-state index in [4.69, 9.17) is 4.74 Å². The topological polar surface area (TPSA) is 22.1 Å². The van der Waals surface area contributed by atoms with E-state index in [1.54, 1.807) is 12.1 Å². The first kappa shape index (κ1) is 13.5. The molecule has 0 aliphatic heterocycles. The van der Waals surface area contributed by atoms with E-state index in [1.807, 2.05) is 13.8 Å². The van der Waals surface area contributed by atoms with E-state index in [1.165, 1.54) is 18.2 Å². The minimum absolute atomic E-state index is 0.184. The Balaban J connectivity index is 2.14. The van der Waals surface area contributed by atoms with Crippen molar-refractivity contribution in [3.05, 3.63) is 59.4 Å². The fourth-order valence-corrected chi connectivity index (χ4v) is 1.75. The summed E-state index contributed by atoms with van der Waals surface area (Å²) in [4.78, 5) is 3.90. The number of benzene rings is 1. The molecule has 100 valence electrons. The van der Waals surface area contributed by atoms with Crippen LogP contribution in [0.15, 0.2) is 36.5 Å². The smallest absolute Gasteiger partial charge is 0.141 e. The zero-order chi connectivity index (χ0) is 13.8. The van der Waals surface area contributed by atoms with Crippen LogP contribution in [0, 0.1) is 11.6 Å². The second-order valence-electron chi connectivity index (χ2n) is 4.59. The van der Waals surface area contributed by atoms with E-state index >= 15 is 0 Å². The number of halogens is 2. The highest BCUT2D eigenvalue weighted by Gasteiger charge is 2.09. The van der Waals surface area contributed by atoms with Crippen LogP contribution in [0.4, 0.5) is 8.78 Å². The maximum atomic E-state index is 13.2. The first-order valence-corrected chi connectivity index (χ1v) is 6.09. The van der Waals surface area contributed by atoms with Crippen molar-refractivity contribution in [1.29, 1.82) is 0 Å². The highest BCUT2D eigenvalue weighted by atomic mass is 19.1. The predicted molar refractivity (Wildman–Crippen MR) is 69.0 cm³/mol. The maximum absolute atomic E-state index is 13.2. The average Bonchev–Trinajstić information content (AvgIpc) is 2.38. The lowest BCUT2D eigenvalue weighted by molar-refractivity contribution is 0.295. The average molecular weight is 263 g/mol. The largest absolute Gasteiger partial charge is 0.487 e. The second-order valence-corrected chi connectivity index (χ2v) is 4.59. The van der Waals surface area contributed by atoms with E-state index in [0.717, 1.165) is 11.8 Å². The minimum Gasteiger partial charge on any atom is -0.487 e. The molecular formula is C15H15F2NO. The van der Waals surface area contributed by atoms with Crippen LogP contribution in [-0.2, 0) is 6.61 Å². The monoisotopic (exact) mass is 263 g/mol. The third-order valence-corrected chi connectivity index (χ3v) is 2.76. The van der Waals surface area contributed by atoms with Crippen molar-refractivity contribution in [3.8, 4) is 5.75 Å².